The fraction of sp³-hybridized carbons (Fsp3) is 0.800. The molecule has 1 heterocycles. The summed E-state index contributed by atoms with van der Waals surface area (Å²) in [5, 5.41) is 1.41. The summed E-state index contributed by atoms with van der Waals surface area (Å²) in [5.41, 5.74) is 0. The highest BCUT2D eigenvalue weighted by Crippen LogP contribution is 2.29. The van der Waals surface area contributed by atoms with Gasteiger partial charge in [0, 0.05) is 17.9 Å². The Balaban J connectivity index is 1.95. The molecule has 1 saturated heterocycles. The van der Waals surface area contributed by atoms with Crippen molar-refractivity contribution in [2.45, 2.75) is 12.2 Å². The fourth-order valence-corrected chi connectivity index (χ4v) is 0.839. The zero-order chi connectivity index (χ0) is 5.98. The first-order valence-corrected chi connectivity index (χ1v) is 3.99. The summed E-state index contributed by atoms with van der Waals surface area (Å²) in [6, 6.07) is 0. The van der Waals surface area contributed by atoms with E-state index >= 15 is 0 Å². The second kappa shape index (κ2) is 2.69. The van der Waals surface area contributed by atoms with Gasteiger partial charge >= 0.3 is 0 Å². The van der Waals surface area contributed by atoms with E-state index in [1.807, 2.05) is 18.7 Å². The predicted octanol–water partition coefficient (Wildman–Crippen LogP) is 1.47. The molecule has 0 bridgehead atoms. The second-order valence-corrected chi connectivity index (χ2v) is 3.67. The van der Waals surface area contributed by atoms with Crippen LogP contribution in [0.3, 0.4) is 0 Å². The van der Waals surface area contributed by atoms with Crippen molar-refractivity contribution in [3.8, 4) is 0 Å². The molecule has 1 aliphatic heterocycles. The predicted molar refractivity (Wildman–Crippen MR) is 40.5 cm³/mol. The minimum atomic E-state index is 0.664. The van der Waals surface area contributed by atoms with Crippen LogP contribution in [0.15, 0.2) is 0 Å². The molecule has 8 heavy (non-hydrogen) atoms. The molecule has 3 heteroatoms. The van der Waals surface area contributed by atoms with E-state index in [9.17, 15) is 0 Å². The Bertz CT molecular complexity index is 98.6. The third kappa shape index (κ3) is 2.52. The number of rotatable bonds is 2. The highest BCUT2D eigenvalue weighted by Gasteiger charge is 2.22. The first-order chi connectivity index (χ1) is 3.79. The van der Waals surface area contributed by atoms with Crippen LogP contribution in [-0.4, -0.2) is 22.7 Å². The van der Waals surface area contributed by atoms with E-state index in [1.165, 1.54) is 5.75 Å². The normalized spacial score (nSPS) is 24.9. The number of thioether (sulfide) groups is 1. The lowest BCUT2D eigenvalue weighted by Crippen LogP contribution is -2.02. The molecule has 1 fully saturated rings. The van der Waals surface area contributed by atoms with Crippen LogP contribution in [0, 0.1) is 0 Å². The van der Waals surface area contributed by atoms with Crippen molar-refractivity contribution in [3.05, 3.63) is 0 Å². The van der Waals surface area contributed by atoms with Gasteiger partial charge in [-0.05, 0) is 12.2 Å². The van der Waals surface area contributed by atoms with Crippen molar-refractivity contribution in [1.29, 1.82) is 0 Å². The van der Waals surface area contributed by atoms with Crippen LogP contribution in [0.25, 0.3) is 0 Å². The first kappa shape index (κ1) is 6.36. The van der Waals surface area contributed by atoms with Crippen molar-refractivity contribution in [2.75, 3.05) is 12.4 Å². The molecular weight excluding hydrogens is 140 g/mol. The molecule has 0 aromatic carbocycles. The molecule has 0 amide bonds. The van der Waals surface area contributed by atoms with Crippen molar-refractivity contribution in [3.63, 3.8) is 0 Å². The van der Waals surface area contributed by atoms with Crippen molar-refractivity contribution in [2.24, 2.45) is 0 Å². The second-order valence-electron chi connectivity index (χ2n) is 1.76. The van der Waals surface area contributed by atoms with Gasteiger partial charge in [-0.1, -0.05) is 0 Å². The van der Waals surface area contributed by atoms with Gasteiger partial charge in [-0.25, -0.2) is 0 Å². The molecule has 0 N–H and O–H groups in total. The highest BCUT2D eigenvalue weighted by atomic mass is 32.2. The molecule has 0 aromatic rings. The summed E-state index contributed by atoms with van der Waals surface area (Å²) in [5.74, 6) is 1.25. The summed E-state index contributed by atoms with van der Waals surface area (Å²) in [6.45, 7) is 2.63. The zero-order valence-electron chi connectivity index (χ0n) is 4.72. The van der Waals surface area contributed by atoms with Crippen LogP contribution in [0.2, 0.25) is 0 Å². The Hall–Kier alpha value is 0.240. The third-order valence-corrected chi connectivity index (χ3v) is 1.93. The summed E-state index contributed by atoms with van der Waals surface area (Å²) in [6.07, 6.45) is 0. The molecule has 1 nitrogen and oxygen atoms in total. The minimum Gasteiger partial charge on any atom is -0.486 e. The Labute approximate surface area is 58.8 Å². The smallest absolute Gasteiger partial charge is 0.156 e. The molecule has 0 radical (unpaired) electrons. The summed E-state index contributed by atoms with van der Waals surface area (Å²) < 4.78 is 5.08. The number of hydrogen-bond donors (Lipinski definition) is 0. The SMILES string of the molecule is CC(=S)OCC1CS1. The van der Waals surface area contributed by atoms with Gasteiger partial charge in [-0.3, -0.25) is 0 Å². The van der Waals surface area contributed by atoms with Gasteiger partial charge in [0.25, 0.3) is 0 Å². The van der Waals surface area contributed by atoms with E-state index in [1.54, 1.807) is 0 Å². The highest BCUT2D eigenvalue weighted by molar-refractivity contribution is 8.06. The van der Waals surface area contributed by atoms with E-state index in [2.05, 4.69) is 0 Å². The maximum absolute atomic E-state index is 5.08. The lowest BCUT2D eigenvalue weighted by Gasteiger charge is -1.97. The molecule has 1 atom stereocenters. The zero-order valence-corrected chi connectivity index (χ0v) is 6.35. The largest absolute Gasteiger partial charge is 0.486 e. The maximum Gasteiger partial charge on any atom is 0.156 e. The summed E-state index contributed by atoms with van der Waals surface area (Å²) in [7, 11) is 0. The molecule has 0 saturated carbocycles. The van der Waals surface area contributed by atoms with E-state index in [-0.39, 0.29) is 0 Å². The molecule has 0 spiro atoms. The van der Waals surface area contributed by atoms with Crippen LogP contribution < -0.4 is 0 Å². The quantitative estimate of drug-likeness (QED) is 0.433. The van der Waals surface area contributed by atoms with Gasteiger partial charge in [-0.15, -0.1) is 0 Å². The lowest BCUT2D eigenvalue weighted by molar-refractivity contribution is 0.323. The molecular formula is C5H8OS2. The lowest BCUT2D eigenvalue weighted by atomic mass is 10.5. The van der Waals surface area contributed by atoms with Crippen molar-refractivity contribution >= 4 is 29.0 Å². The standard InChI is InChI=1S/C5H8OS2/c1-4(7)6-2-5-3-8-5/h5H,2-3H2,1H3. The molecule has 0 aliphatic carbocycles. The van der Waals surface area contributed by atoms with Gasteiger partial charge in [0.15, 0.2) is 5.05 Å². The number of hydrogen-bond acceptors (Lipinski definition) is 3. The first-order valence-electron chi connectivity index (χ1n) is 2.54. The Morgan fingerprint density at radius 3 is 3.00 bits per heavy atom. The molecule has 1 rings (SSSR count). The van der Waals surface area contributed by atoms with Gasteiger partial charge in [0.2, 0.25) is 0 Å². The Morgan fingerprint density at radius 1 is 2.00 bits per heavy atom. The van der Waals surface area contributed by atoms with Gasteiger partial charge < -0.3 is 4.74 Å². The van der Waals surface area contributed by atoms with E-state index in [4.69, 9.17) is 17.0 Å². The fourth-order valence-electron chi connectivity index (χ4n) is 0.375. The molecule has 0 aromatic heterocycles. The van der Waals surface area contributed by atoms with E-state index in [0.29, 0.717) is 5.05 Å². The van der Waals surface area contributed by atoms with Crippen LogP contribution in [0.4, 0.5) is 0 Å². The van der Waals surface area contributed by atoms with Gasteiger partial charge in [-0.2, -0.15) is 11.8 Å². The van der Waals surface area contributed by atoms with Crippen LogP contribution in [0.1, 0.15) is 6.92 Å². The summed E-state index contributed by atoms with van der Waals surface area (Å²) in [4.78, 5) is 0. The van der Waals surface area contributed by atoms with E-state index in [0.717, 1.165) is 11.9 Å². The maximum atomic E-state index is 5.08. The van der Waals surface area contributed by atoms with Crippen LogP contribution in [-0.2, 0) is 4.74 Å². The monoisotopic (exact) mass is 148 g/mol. The average Bonchev–Trinajstić information content (AvgIpc) is 2.41. The van der Waals surface area contributed by atoms with Gasteiger partial charge in [0.1, 0.15) is 6.61 Å². The third-order valence-electron chi connectivity index (χ3n) is 0.875. The molecule has 1 unspecified atom stereocenters. The van der Waals surface area contributed by atoms with Crippen LogP contribution >= 0.6 is 24.0 Å². The van der Waals surface area contributed by atoms with Crippen molar-refractivity contribution < 1.29 is 4.74 Å². The Morgan fingerprint density at radius 2 is 2.62 bits per heavy atom. The molecule has 1 aliphatic rings. The topological polar surface area (TPSA) is 9.23 Å². The van der Waals surface area contributed by atoms with Gasteiger partial charge in [0.05, 0.1) is 0 Å². The molecule has 46 valence electrons. The average molecular weight is 148 g/mol. The Kier molecular flexibility index (Phi) is 2.14. The van der Waals surface area contributed by atoms with Crippen molar-refractivity contribution in [1.82, 2.24) is 0 Å². The minimum absolute atomic E-state index is 0.664. The number of ether oxygens (including phenoxy) is 1. The summed E-state index contributed by atoms with van der Waals surface area (Å²) >= 11 is 6.64. The number of thiocarbonyl (C=S) groups is 1. The van der Waals surface area contributed by atoms with Crippen LogP contribution in [0.5, 0.6) is 0 Å². The van der Waals surface area contributed by atoms with E-state index < -0.39 is 0 Å².